The molecule has 9 nitrogen and oxygen atoms in total. The van der Waals surface area contributed by atoms with Crippen LogP contribution < -0.4 is 0 Å². The van der Waals surface area contributed by atoms with Crippen LogP contribution in [0.15, 0.2) is 47.3 Å². The second-order valence-corrected chi connectivity index (χ2v) is 13.6. The van der Waals surface area contributed by atoms with Gasteiger partial charge in [-0.3, -0.25) is 0 Å². The molecule has 3 unspecified atom stereocenters. The van der Waals surface area contributed by atoms with Crippen molar-refractivity contribution in [2.75, 3.05) is 14.2 Å². The number of hydrogen-bond acceptors (Lipinski definition) is 9. The lowest BCUT2D eigenvalue weighted by Crippen LogP contribution is -2.59. The van der Waals surface area contributed by atoms with E-state index in [2.05, 4.69) is 0 Å². The fourth-order valence-electron chi connectivity index (χ4n) is 6.54. The quantitative estimate of drug-likeness (QED) is 0.298. The van der Waals surface area contributed by atoms with E-state index in [4.69, 9.17) is 18.9 Å². The average Bonchev–Trinajstić information content (AvgIpc) is 2.96. The Morgan fingerprint density at radius 3 is 2.25 bits per heavy atom. The van der Waals surface area contributed by atoms with Crippen LogP contribution in [0.3, 0.4) is 0 Å². The zero-order valence-electron chi connectivity index (χ0n) is 28.6. The van der Waals surface area contributed by atoms with Crippen LogP contribution in [0.4, 0.5) is 0 Å². The highest BCUT2D eigenvalue weighted by atomic mass is 16.6. The van der Waals surface area contributed by atoms with Gasteiger partial charge in [-0.25, -0.2) is 4.79 Å². The lowest BCUT2D eigenvalue weighted by Gasteiger charge is -2.49. The van der Waals surface area contributed by atoms with E-state index in [1.807, 2.05) is 66.7 Å². The number of aliphatic hydroxyl groups excluding tert-OH is 3. The van der Waals surface area contributed by atoms with Crippen LogP contribution >= 0.6 is 0 Å². The highest BCUT2D eigenvalue weighted by Gasteiger charge is 2.51. The monoisotopic (exact) mass is 622 g/mol. The number of allylic oxidation sites excluding steroid dienone is 5. The van der Waals surface area contributed by atoms with Crippen molar-refractivity contribution in [1.29, 1.82) is 0 Å². The molecule has 2 rings (SSSR count). The van der Waals surface area contributed by atoms with Gasteiger partial charge in [-0.15, -0.1) is 0 Å². The Labute approximate surface area is 264 Å². The molecule has 0 bridgehead atoms. The molecule has 0 aliphatic carbocycles. The third kappa shape index (κ3) is 9.50. The molecule has 0 saturated carbocycles. The first-order valence-electron chi connectivity index (χ1n) is 15.9. The smallest absolute Gasteiger partial charge is 0.373 e. The zero-order chi connectivity index (χ0) is 33.5. The first-order valence-corrected chi connectivity index (χ1v) is 15.9. The summed E-state index contributed by atoms with van der Waals surface area (Å²) in [6.07, 6.45) is 4.85. The van der Waals surface area contributed by atoms with Crippen LogP contribution in [0.2, 0.25) is 0 Å². The lowest BCUT2D eigenvalue weighted by molar-refractivity contribution is -0.328. The van der Waals surface area contributed by atoms with Crippen molar-refractivity contribution in [3.63, 3.8) is 0 Å². The molecule has 4 N–H and O–H groups in total. The van der Waals surface area contributed by atoms with Crippen LogP contribution in [0, 0.1) is 35.5 Å². The van der Waals surface area contributed by atoms with Gasteiger partial charge in [0, 0.05) is 37.2 Å². The number of aliphatic hydroxyl groups is 4. The minimum absolute atomic E-state index is 0.00492. The molecular formula is C35H58O9. The molecule has 0 spiro atoms. The van der Waals surface area contributed by atoms with Gasteiger partial charge in [0.2, 0.25) is 5.76 Å². The number of cyclic esters (lactones) is 1. The van der Waals surface area contributed by atoms with Crippen molar-refractivity contribution < 1.29 is 44.2 Å². The molecule has 44 heavy (non-hydrogen) atoms. The predicted octanol–water partition coefficient (Wildman–Crippen LogP) is 4.69. The summed E-state index contributed by atoms with van der Waals surface area (Å²) in [7, 11) is 2.87. The SMILES string of the molecule is CO/C1=C\C(C)=C/[C@@H](C)[C@@H](O)[C@@H](C)C/C(C)=C/C=C/C(OC)[C@@H]([C@@H](C)C(O)C(C)[C@@]2(O)C[C@@H](O)[C@H](C)[C@@H](C(C)C)O2)OC1=O. The van der Waals surface area contributed by atoms with E-state index in [0.29, 0.717) is 6.42 Å². The summed E-state index contributed by atoms with van der Waals surface area (Å²) in [5, 5.41) is 45.0. The van der Waals surface area contributed by atoms with Gasteiger partial charge < -0.3 is 39.4 Å². The number of methoxy groups -OCH3 is 2. The van der Waals surface area contributed by atoms with Gasteiger partial charge in [0.05, 0.1) is 31.5 Å². The van der Waals surface area contributed by atoms with Gasteiger partial charge in [0.25, 0.3) is 0 Å². The van der Waals surface area contributed by atoms with E-state index in [1.54, 1.807) is 26.0 Å². The standard InChI is InChI=1S/C35H58O9/c1-19(2)32-24(7)27(36)18-35(40,44-32)26(9)31(38)25(8)33-28(41-10)14-12-13-20(3)15-22(5)30(37)23(6)16-21(4)17-29(42-11)34(39)43-33/h12-14,16-17,19,22-28,30-33,36-38,40H,15,18H2,1-11H3/b14-12+,20-13+,21-16-,29-17-/t22-,23+,24-,25-,26?,27+,28?,30-,31?,32+,33+,35+/m0/s1. The fourth-order valence-corrected chi connectivity index (χ4v) is 6.54. The van der Waals surface area contributed by atoms with Crippen molar-refractivity contribution in [2.45, 2.75) is 118 Å². The molecule has 0 amide bonds. The van der Waals surface area contributed by atoms with Crippen LogP contribution in [0.1, 0.15) is 75.2 Å². The zero-order valence-corrected chi connectivity index (χ0v) is 28.6. The number of carbonyl (C=O) groups excluding carboxylic acids is 1. The van der Waals surface area contributed by atoms with Crippen LogP contribution in [-0.4, -0.2) is 83.0 Å². The molecule has 0 aromatic carbocycles. The van der Waals surface area contributed by atoms with E-state index in [1.165, 1.54) is 14.2 Å². The number of ether oxygens (including phenoxy) is 4. The van der Waals surface area contributed by atoms with E-state index < -0.39 is 60.2 Å². The Kier molecular flexibility index (Phi) is 14.3. The molecular weight excluding hydrogens is 564 g/mol. The topological polar surface area (TPSA) is 135 Å². The van der Waals surface area contributed by atoms with Crippen molar-refractivity contribution in [2.24, 2.45) is 35.5 Å². The summed E-state index contributed by atoms with van der Waals surface area (Å²) >= 11 is 0. The van der Waals surface area contributed by atoms with Crippen molar-refractivity contribution in [3.8, 4) is 0 Å². The Balaban J connectivity index is 2.52. The lowest BCUT2D eigenvalue weighted by atomic mass is 9.76. The van der Waals surface area contributed by atoms with Crippen LogP contribution in [0.25, 0.3) is 0 Å². The third-order valence-electron chi connectivity index (χ3n) is 9.50. The van der Waals surface area contributed by atoms with E-state index in [9.17, 15) is 25.2 Å². The third-order valence-corrected chi connectivity index (χ3v) is 9.50. The summed E-state index contributed by atoms with van der Waals surface area (Å²) in [4.78, 5) is 13.5. The van der Waals surface area contributed by atoms with Gasteiger partial charge in [0.15, 0.2) is 5.79 Å². The molecule has 2 heterocycles. The highest BCUT2D eigenvalue weighted by molar-refractivity contribution is 5.87. The summed E-state index contributed by atoms with van der Waals surface area (Å²) in [6.45, 7) is 17.0. The van der Waals surface area contributed by atoms with E-state index >= 15 is 0 Å². The molecule has 2 aliphatic heterocycles. The maximum absolute atomic E-state index is 13.5. The fraction of sp³-hybridized carbons (Fsp3) is 0.743. The number of carbonyl (C=O) groups is 1. The van der Waals surface area contributed by atoms with Gasteiger partial charge in [-0.1, -0.05) is 83.9 Å². The minimum Gasteiger partial charge on any atom is -0.490 e. The molecule has 9 heteroatoms. The normalized spacial score (nSPS) is 41.2. The van der Waals surface area contributed by atoms with Gasteiger partial charge in [-0.05, 0) is 38.2 Å². The number of hydrogen-bond donors (Lipinski definition) is 4. The minimum atomic E-state index is -1.80. The summed E-state index contributed by atoms with van der Waals surface area (Å²) in [5.41, 5.74) is 1.78. The van der Waals surface area contributed by atoms with Crippen LogP contribution in [0.5, 0.6) is 0 Å². The van der Waals surface area contributed by atoms with Crippen LogP contribution in [-0.2, 0) is 23.7 Å². The Bertz CT molecular complexity index is 1060. The largest absolute Gasteiger partial charge is 0.490 e. The van der Waals surface area contributed by atoms with Gasteiger partial charge in [0.1, 0.15) is 12.2 Å². The first kappa shape index (κ1) is 38.2. The molecule has 0 radical (unpaired) electrons. The number of rotatable bonds is 7. The van der Waals surface area contributed by atoms with E-state index in [-0.39, 0.29) is 35.9 Å². The first-order chi connectivity index (χ1) is 20.5. The molecule has 1 saturated heterocycles. The summed E-state index contributed by atoms with van der Waals surface area (Å²) in [6, 6.07) is 0. The van der Waals surface area contributed by atoms with Gasteiger partial charge >= 0.3 is 5.97 Å². The molecule has 0 aromatic rings. The second-order valence-electron chi connectivity index (χ2n) is 13.6. The highest BCUT2D eigenvalue weighted by Crippen LogP contribution is 2.41. The Morgan fingerprint density at radius 1 is 1.05 bits per heavy atom. The molecule has 0 aromatic heterocycles. The summed E-state index contributed by atoms with van der Waals surface area (Å²) in [5.74, 6) is -4.49. The molecule has 1 fully saturated rings. The number of esters is 1. The van der Waals surface area contributed by atoms with Gasteiger partial charge in [-0.2, -0.15) is 0 Å². The predicted molar refractivity (Wildman–Crippen MR) is 170 cm³/mol. The second kappa shape index (κ2) is 16.5. The summed E-state index contributed by atoms with van der Waals surface area (Å²) < 4.78 is 23.4. The molecule has 12 atom stereocenters. The molecule has 2 aliphatic rings. The van der Waals surface area contributed by atoms with Crippen molar-refractivity contribution in [1.82, 2.24) is 0 Å². The average molecular weight is 623 g/mol. The Hall–Kier alpha value is -2.01. The maximum Gasteiger partial charge on any atom is 0.373 e. The van der Waals surface area contributed by atoms with Crippen molar-refractivity contribution >= 4 is 5.97 Å². The Morgan fingerprint density at radius 2 is 1.68 bits per heavy atom. The molecule has 252 valence electrons. The van der Waals surface area contributed by atoms with Crippen molar-refractivity contribution in [3.05, 3.63) is 47.3 Å². The van der Waals surface area contributed by atoms with E-state index in [0.717, 1.165) is 11.1 Å². The maximum atomic E-state index is 13.5.